The maximum absolute atomic E-state index is 12.8. The highest BCUT2D eigenvalue weighted by Gasteiger charge is 2.33. The molecule has 1 saturated heterocycles. The summed E-state index contributed by atoms with van der Waals surface area (Å²) in [5.74, 6) is -0.517. The van der Waals surface area contributed by atoms with Gasteiger partial charge in [-0.2, -0.15) is 4.31 Å². The Labute approximate surface area is 159 Å². The molecule has 138 valence electrons. The molecule has 1 N–H and O–H groups in total. The van der Waals surface area contributed by atoms with Gasteiger partial charge in [-0.25, -0.2) is 8.42 Å². The lowest BCUT2D eigenvalue weighted by molar-refractivity contribution is -0.120. The van der Waals surface area contributed by atoms with E-state index in [0.717, 1.165) is 11.3 Å². The van der Waals surface area contributed by atoms with E-state index < -0.39 is 10.0 Å². The van der Waals surface area contributed by atoms with Crippen molar-refractivity contribution in [1.29, 1.82) is 0 Å². The number of piperidine rings is 1. The molecule has 1 aliphatic rings. The van der Waals surface area contributed by atoms with Gasteiger partial charge in [-0.15, -0.1) is 0 Å². The van der Waals surface area contributed by atoms with E-state index in [9.17, 15) is 13.2 Å². The summed E-state index contributed by atoms with van der Waals surface area (Å²) >= 11 is 5.84. The van der Waals surface area contributed by atoms with E-state index in [0.29, 0.717) is 24.4 Å². The smallest absolute Gasteiger partial charge is 0.243 e. The summed E-state index contributed by atoms with van der Waals surface area (Å²) in [6.07, 6.45) is 1.32. The third-order valence-corrected chi connectivity index (χ3v) is 6.66. The van der Waals surface area contributed by atoms with E-state index in [1.807, 2.05) is 31.2 Å². The number of nitrogens with one attached hydrogen (secondary N) is 1. The fourth-order valence-corrected chi connectivity index (χ4v) is 4.66. The number of anilines is 1. The number of carbonyl (C=O) groups excluding carboxylic acids is 1. The van der Waals surface area contributed by atoms with Gasteiger partial charge >= 0.3 is 0 Å². The number of rotatable bonds is 4. The molecule has 2 aromatic carbocycles. The molecule has 2 aromatic rings. The molecule has 0 saturated carbocycles. The molecule has 5 nitrogen and oxygen atoms in total. The van der Waals surface area contributed by atoms with E-state index in [1.165, 1.54) is 16.4 Å². The molecule has 0 spiro atoms. The molecule has 1 atom stereocenters. The summed E-state index contributed by atoms with van der Waals surface area (Å²) in [5, 5.41) is 3.36. The minimum atomic E-state index is -3.63. The van der Waals surface area contributed by atoms with E-state index in [2.05, 4.69) is 5.32 Å². The Kier molecular flexibility index (Phi) is 5.65. The number of amides is 1. The van der Waals surface area contributed by atoms with Crippen LogP contribution in [-0.2, 0) is 14.8 Å². The predicted octanol–water partition coefficient (Wildman–Crippen LogP) is 3.69. The van der Waals surface area contributed by atoms with Gasteiger partial charge in [0.25, 0.3) is 0 Å². The molecular weight excluding hydrogens is 372 g/mol. The Morgan fingerprint density at radius 3 is 2.42 bits per heavy atom. The predicted molar refractivity (Wildman–Crippen MR) is 103 cm³/mol. The van der Waals surface area contributed by atoms with Gasteiger partial charge in [0.1, 0.15) is 0 Å². The van der Waals surface area contributed by atoms with Crippen LogP contribution in [0.4, 0.5) is 5.69 Å². The van der Waals surface area contributed by atoms with Crippen molar-refractivity contribution >= 4 is 33.2 Å². The molecule has 0 unspecified atom stereocenters. The Balaban J connectivity index is 1.71. The van der Waals surface area contributed by atoms with E-state index in [1.54, 1.807) is 12.1 Å². The molecule has 0 radical (unpaired) electrons. The maximum Gasteiger partial charge on any atom is 0.243 e. The molecule has 0 aliphatic carbocycles. The minimum absolute atomic E-state index is 0.148. The number of carbonyl (C=O) groups is 1. The fourth-order valence-electron chi connectivity index (χ4n) is 3.01. The van der Waals surface area contributed by atoms with Crippen molar-refractivity contribution in [2.24, 2.45) is 5.92 Å². The lowest BCUT2D eigenvalue weighted by atomic mass is 9.98. The quantitative estimate of drug-likeness (QED) is 0.862. The first kappa shape index (κ1) is 18.9. The zero-order chi connectivity index (χ0) is 18.7. The van der Waals surface area contributed by atoms with E-state index in [-0.39, 0.29) is 23.3 Å². The van der Waals surface area contributed by atoms with Crippen molar-refractivity contribution < 1.29 is 13.2 Å². The number of nitrogens with zero attached hydrogens (tertiary/aromatic N) is 1. The van der Waals surface area contributed by atoms with Crippen molar-refractivity contribution in [3.8, 4) is 0 Å². The van der Waals surface area contributed by atoms with Crippen LogP contribution >= 0.6 is 11.6 Å². The summed E-state index contributed by atoms with van der Waals surface area (Å²) < 4.78 is 27.0. The normalized spacial score (nSPS) is 18.5. The SMILES string of the molecule is Cc1ccc(NC(=O)[C@H]2CCCN(S(=O)(=O)c3ccc(Cl)cc3)C2)cc1. The summed E-state index contributed by atoms with van der Waals surface area (Å²) in [6.45, 7) is 2.58. The highest BCUT2D eigenvalue weighted by molar-refractivity contribution is 7.89. The molecular formula is C19H21ClN2O3S. The van der Waals surface area contributed by atoms with Crippen LogP contribution < -0.4 is 5.32 Å². The number of benzene rings is 2. The molecule has 7 heteroatoms. The first-order chi connectivity index (χ1) is 12.4. The monoisotopic (exact) mass is 392 g/mol. The summed E-state index contributed by atoms with van der Waals surface area (Å²) in [6, 6.07) is 13.6. The molecule has 1 amide bonds. The van der Waals surface area contributed by atoms with Gasteiger partial charge in [-0.3, -0.25) is 4.79 Å². The third kappa shape index (κ3) is 4.26. The molecule has 1 heterocycles. The Morgan fingerprint density at radius 1 is 1.12 bits per heavy atom. The lowest BCUT2D eigenvalue weighted by Gasteiger charge is -2.31. The average molecular weight is 393 g/mol. The van der Waals surface area contributed by atoms with E-state index in [4.69, 9.17) is 11.6 Å². The summed E-state index contributed by atoms with van der Waals surface area (Å²) in [5.41, 5.74) is 1.83. The molecule has 26 heavy (non-hydrogen) atoms. The molecule has 1 fully saturated rings. The largest absolute Gasteiger partial charge is 0.326 e. The van der Waals surface area contributed by atoms with Crippen LogP contribution in [0.5, 0.6) is 0 Å². The van der Waals surface area contributed by atoms with E-state index >= 15 is 0 Å². The Bertz CT molecular complexity index is 880. The van der Waals surface area contributed by atoms with Gasteiger partial charge in [0.05, 0.1) is 10.8 Å². The highest BCUT2D eigenvalue weighted by Crippen LogP contribution is 2.25. The number of aryl methyl sites for hydroxylation is 1. The van der Waals surface area contributed by atoms with Gasteiger partial charge < -0.3 is 5.32 Å². The highest BCUT2D eigenvalue weighted by atomic mass is 35.5. The van der Waals surface area contributed by atoms with Crippen molar-refractivity contribution in [3.63, 3.8) is 0 Å². The Morgan fingerprint density at radius 2 is 1.77 bits per heavy atom. The number of hydrogen-bond acceptors (Lipinski definition) is 3. The second-order valence-corrected chi connectivity index (χ2v) is 8.89. The van der Waals surface area contributed by atoms with Gasteiger partial charge in [-0.05, 0) is 56.2 Å². The summed E-state index contributed by atoms with van der Waals surface area (Å²) in [7, 11) is -3.63. The van der Waals surface area contributed by atoms with Crippen LogP contribution in [0.15, 0.2) is 53.4 Å². The van der Waals surface area contributed by atoms with Crippen LogP contribution in [0.2, 0.25) is 5.02 Å². The average Bonchev–Trinajstić information content (AvgIpc) is 2.64. The van der Waals surface area contributed by atoms with Gasteiger partial charge in [0.15, 0.2) is 0 Å². The maximum atomic E-state index is 12.8. The topological polar surface area (TPSA) is 66.5 Å². The van der Waals surface area contributed by atoms with Crippen LogP contribution in [0.1, 0.15) is 18.4 Å². The minimum Gasteiger partial charge on any atom is -0.326 e. The number of halogens is 1. The van der Waals surface area contributed by atoms with Gasteiger partial charge in [0, 0.05) is 23.8 Å². The fraction of sp³-hybridized carbons (Fsp3) is 0.316. The lowest BCUT2D eigenvalue weighted by Crippen LogP contribution is -2.43. The molecule has 3 rings (SSSR count). The summed E-state index contributed by atoms with van der Waals surface area (Å²) in [4.78, 5) is 12.8. The van der Waals surface area contributed by atoms with Gasteiger partial charge in [-0.1, -0.05) is 29.3 Å². The third-order valence-electron chi connectivity index (χ3n) is 4.53. The van der Waals surface area contributed by atoms with Crippen molar-refractivity contribution in [3.05, 3.63) is 59.1 Å². The second kappa shape index (κ2) is 7.78. The first-order valence-electron chi connectivity index (χ1n) is 8.49. The second-order valence-electron chi connectivity index (χ2n) is 6.51. The van der Waals surface area contributed by atoms with Crippen LogP contribution in [0, 0.1) is 12.8 Å². The van der Waals surface area contributed by atoms with Crippen LogP contribution in [-0.4, -0.2) is 31.7 Å². The van der Waals surface area contributed by atoms with Crippen molar-refractivity contribution in [2.75, 3.05) is 18.4 Å². The zero-order valence-electron chi connectivity index (χ0n) is 14.5. The molecule has 0 bridgehead atoms. The molecule has 1 aliphatic heterocycles. The molecule has 0 aromatic heterocycles. The number of sulfonamides is 1. The van der Waals surface area contributed by atoms with Crippen LogP contribution in [0.3, 0.4) is 0 Å². The first-order valence-corrected chi connectivity index (χ1v) is 10.3. The van der Waals surface area contributed by atoms with Crippen molar-refractivity contribution in [1.82, 2.24) is 4.31 Å². The number of hydrogen-bond donors (Lipinski definition) is 1. The Hall–Kier alpha value is -1.89. The van der Waals surface area contributed by atoms with Crippen molar-refractivity contribution in [2.45, 2.75) is 24.7 Å². The zero-order valence-corrected chi connectivity index (χ0v) is 16.1. The standard InChI is InChI=1S/C19H21ClN2O3S/c1-14-4-8-17(9-5-14)21-19(23)15-3-2-12-22(13-15)26(24,25)18-10-6-16(20)7-11-18/h4-11,15H,2-3,12-13H2,1H3,(H,21,23)/t15-/m0/s1. The van der Waals surface area contributed by atoms with Crippen LogP contribution in [0.25, 0.3) is 0 Å². The van der Waals surface area contributed by atoms with Gasteiger partial charge in [0.2, 0.25) is 15.9 Å².